The molecule has 22 heavy (non-hydrogen) atoms. The number of aromatic nitrogens is 1. The van der Waals surface area contributed by atoms with Crippen molar-refractivity contribution in [1.82, 2.24) is 9.88 Å². The number of carbonyl (C=O) groups excluding carboxylic acids is 1. The predicted octanol–water partition coefficient (Wildman–Crippen LogP) is 4.51. The van der Waals surface area contributed by atoms with E-state index in [0.29, 0.717) is 17.1 Å². The number of nitrogens with zero attached hydrogens (tertiary/aromatic N) is 2. The van der Waals surface area contributed by atoms with Crippen molar-refractivity contribution < 1.29 is 4.79 Å². The maximum Gasteiger partial charge on any atom is 0.255 e. The molecule has 0 aliphatic rings. The molecule has 0 N–H and O–H groups in total. The third kappa shape index (κ3) is 4.02. The van der Waals surface area contributed by atoms with Gasteiger partial charge >= 0.3 is 0 Å². The van der Waals surface area contributed by atoms with Crippen LogP contribution in [0.1, 0.15) is 29.8 Å². The van der Waals surface area contributed by atoms with Crippen LogP contribution in [0.3, 0.4) is 0 Å². The summed E-state index contributed by atoms with van der Waals surface area (Å²) in [5.41, 5.74) is 1.55. The zero-order valence-corrected chi connectivity index (χ0v) is 14.5. The monoisotopic (exact) mass is 334 g/mol. The SMILES string of the molecule is CSc1ccc(Cl)c(C(=O)N(Cc2cccnc2)C(C)C)c1. The van der Waals surface area contributed by atoms with Gasteiger partial charge in [-0.1, -0.05) is 17.7 Å². The number of carbonyl (C=O) groups is 1. The third-order valence-corrected chi connectivity index (χ3v) is 4.42. The van der Waals surface area contributed by atoms with E-state index in [9.17, 15) is 4.79 Å². The molecule has 2 rings (SSSR count). The number of hydrogen-bond acceptors (Lipinski definition) is 3. The molecule has 0 bridgehead atoms. The third-order valence-electron chi connectivity index (χ3n) is 3.36. The van der Waals surface area contributed by atoms with Crippen molar-refractivity contribution >= 4 is 29.3 Å². The van der Waals surface area contributed by atoms with Gasteiger partial charge in [0.25, 0.3) is 5.91 Å². The van der Waals surface area contributed by atoms with E-state index >= 15 is 0 Å². The summed E-state index contributed by atoms with van der Waals surface area (Å²) in [6.45, 7) is 4.52. The zero-order valence-electron chi connectivity index (χ0n) is 12.9. The van der Waals surface area contributed by atoms with E-state index in [1.807, 2.05) is 49.3 Å². The average Bonchev–Trinajstić information content (AvgIpc) is 2.53. The second kappa shape index (κ2) is 7.65. The van der Waals surface area contributed by atoms with Crippen molar-refractivity contribution in [3.8, 4) is 0 Å². The van der Waals surface area contributed by atoms with Crippen molar-refractivity contribution in [2.24, 2.45) is 0 Å². The summed E-state index contributed by atoms with van der Waals surface area (Å²) in [5, 5.41) is 0.486. The fourth-order valence-corrected chi connectivity index (χ4v) is 2.77. The molecule has 0 radical (unpaired) electrons. The van der Waals surface area contributed by atoms with Gasteiger partial charge in [-0.15, -0.1) is 11.8 Å². The van der Waals surface area contributed by atoms with Crippen LogP contribution in [0.2, 0.25) is 5.02 Å². The van der Waals surface area contributed by atoms with Gasteiger partial charge in [0.2, 0.25) is 0 Å². The molecule has 0 fully saturated rings. The van der Waals surface area contributed by atoms with E-state index in [0.717, 1.165) is 10.5 Å². The summed E-state index contributed by atoms with van der Waals surface area (Å²) in [6.07, 6.45) is 5.49. The van der Waals surface area contributed by atoms with E-state index in [1.54, 1.807) is 30.2 Å². The number of hydrogen-bond donors (Lipinski definition) is 0. The maximum atomic E-state index is 12.9. The topological polar surface area (TPSA) is 33.2 Å². The van der Waals surface area contributed by atoms with Crippen molar-refractivity contribution in [1.29, 1.82) is 0 Å². The normalized spacial score (nSPS) is 10.8. The van der Waals surface area contributed by atoms with Crippen LogP contribution < -0.4 is 0 Å². The molecule has 0 saturated heterocycles. The lowest BCUT2D eigenvalue weighted by Crippen LogP contribution is -2.36. The Kier molecular flexibility index (Phi) is 5.86. The highest BCUT2D eigenvalue weighted by Gasteiger charge is 2.21. The minimum absolute atomic E-state index is 0.0558. The Hall–Kier alpha value is -1.52. The Morgan fingerprint density at radius 3 is 2.73 bits per heavy atom. The molecule has 1 aromatic carbocycles. The van der Waals surface area contributed by atoms with Crippen LogP contribution in [0.25, 0.3) is 0 Å². The molecule has 116 valence electrons. The molecule has 3 nitrogen and oxygen atoms in total. The smallest absolute Gasteiger partial charge is 0.255 e. The standard InChI is InChI=1S/C17H19ClN2OS/c1-12(2)20(11-13-5-4-8-19-10-13)17(21)15-9-14(22-3)6-7-16(15)18/h4-10,12H,11H2,1-3H3. The van der Waals surface area contributed by atoms with E-state index < -0.39 is 0 Å². The highest BCUT2D eigenvalue weighted by Crippen LogP contribution is 2.25. The summed E-state index contributed by atoms with van der Waals surface area (Å²) in [7, 11) is 0. The minimum Gasteiger partial charge on any atom is -0.332 e. The molecule has 0 spiro atoms. The molecule has 0 atom stereocenters. The Morgan fingerprint density at radius 1 is 1.36 bits per heavy atom. The van der Waals surface area contributed by atoms with Gasteiger partial charge in [-0.05, 0) is 49.9 Å². The van der Waals surface area contributed by atoms with Crippen molar-refractivity contribution in [3.63, 3.8) is 0 Å². The first-order chi connectivity index (χ1) is 10.5. The van der Waals surface area contributed by atoms with Gasteiger partial charge in [-0.3, -0.25) is 9.78 Å². The van der Waals surface area contributed by atoms with E-state index in [1.165, 1.54) is 0 Å². The average molecular weight is 335 g/mol. The lowest BCUT2D eigenvalue weighted by atomic mass is 10.1. The summed E-state index contributed by atoms with van der Waals surface area (Å²) in [4.78, 5) is 19.8. The van der Waals surface area contributed by atoms with Gasteiger partial charge in [0.1, 0.15) is 0 Å². The summed E-state index contributed by atoms with van der Waals surface area (Å²) < 4.78 is 0. The van der Waals surface area contributed by atoms with Crippen molar-refractivity contribution in [2.45, 2.75) is 31.3 Å². The number of pyridine rings is 1. The molecule has 5 heteroatoms. The number of amides is 1. The van der Waals surface area contributed by atoms with Crippen LogP contribution >= 0.6 is 23.4 Å². The molecule has 1 heterocycles. The molecule has 1 amide bonds. The number of rotatable bonds is 5. The molecule has 0 aliphatic carbocycles. The Bertz CT molecular complexity index is 646. The number of halogens is 1. The Balaban J connectivity index is 2.30. The van der Waals surface area contributed by atoms with Gasteiger partial charge in [-0.2, -0.15) is 0 Å². The fraction of sp³-hybridized carbons (Fsp3) is 0.294. The van der Waals surface area contributed by atoms with Gasteiger partial charge in [-0.25, -0.2) is 0 Å². The van der Waals surface area contributed by atoms with Crippen LogP contribution in [0.5, 0.6) is 0 Å². The second-order valence-electron chi connectivity index (χ2n) is 5.23. The lowest BCUT2D eigenvalue weighted by Gasteiger charge is -2.27. The van der Waals surface area contributed by atoms with Gasteiger partial charge < -0.3 is 4.90 Å². The van der Waals surface area contributed by atoms with Crippen LogP contribution in [-0.2, 0) is 6.54 Å². The number of benzene rings is 1. The molecule has 0 aliphatic heterocycles. The second-order valence-corrected chi connectivity index (χ2v) is 6.52. The van der Waals surface area contributed by atoms with Gasteiger partial charge in [0, 0.05) is 29.9 Å². The van der Waals surface area contributed by atoms with Crippen LogP contribution in [0, 0.1) is 0 Å². The van der Waals surface area contributed by atoms with E-state index in [2.05, 4.69) is 4.98 Å². The molecule has 2 aromatic rings. The first-order valence-corrected chi connectivity index (χ1v) is 8.66. The minimum atomic E-state index is -0.0558. The molecular formula is C17H19ClN2OS. The largest absolute Gasteiger partial charge is 0.332 e. The first-order valence-electron chi connectivity index (χ1n) is 7.06. The quantitative estimate of drug-likeness (QED) is 0.754. The van der Waals surface area contributed by atoms with Crippen LogP contribution in [-0.4, -0.2) is 28.1 Å². The van der Waals surface area contributed by atoms with Crippen LogP contribution in [0.4, 0.5) is 0 Å². The first kappa shape index (κ1) is 16.8. The number of thioether (sulfide) groups is 1. The summed E-state index contributed by atoms with van der Waals surface area (Å²) >= 11 is 7.82. The van der Waals surface area contributed by atoms with Gasteiger partial charge in [0.15, 0.2) is 0 Å². The molecule has 0 unspecified atom stereocenters. The van der Waals surface area contributed by atoms with Crippen LogP contribution in [0.15, 0.2) is 47.6 Å². The van der Waals surface area contributed by atoms with E-state index in [-0.39, 0.29) is 11.9 Å². The fourth-order valence-electron chi connectivity index (χ4n) is 2.13. The van der Waals surface area contributed by atoms with Crippen molar-refractivity contribution in [3.05, 3.63) is 58.9 Å². The van der Waals surface area contributed by atoms with Gasteiger partial charge in [0.05, 0.1) is 10.6 Å². The Labute approximate surface area is 140 Å². The lowest BCUT2D eigenvalue weighted by molar-refractivity contribution is 0.0690. The summed E-state index contributed by atoms with van der Waals surface area (Å²) in [5.74, 6) is -0.0558. The predicted molar refractivity (Wildman–Crippen MR) is 92.5 cm³/mol. The van der Waals surface area contributed by atoms with Crippen molar-refractivity contribution in [2.75, 3.05) is 6.26 Å². The highest BCUT2D eigenvalue weighted by atomic mass is 35.5. The Morgan fingerprint density at radius 2 is 2.14 bits per heavy atom. The highest BCUT2D eigenvalue weighted by molar-refractivity contribution is 7.98. The summed E-state index contributed by atoms with van der Waals surface area (Å²) in [6, 6.07) is 9.47. The maximum absolute atomic E-state index is 12.9. The molecular weight excluding hydrogens is 316 g/mol. The zero-order chi connectivity index (χ0) is 16.1. The molecule has 0 saturated carbocycles. The molecule has 1 aromatic heterocycles. The van der Waals surface area contributed by atoms with E-state index in [4.69, 9.17) is 11.6 Å².